The summed E-state index contributed by atoms with van der Waals surface area (Å²) in [6.07, 6.45) is 1.70. The Labute approximate surface area is 314 Å². The first kappa shape index (κ1) is 40.6. The lowest BCUT2D eigenvalue weighted by molar-refractivity contribution is -0.492. The largest absolute Gasteiger partial charge is 0.510 e. The fraction of sp³-hybridized carbons (Fsp3) is 0.371. The van der Waals surface area contributed by atoms with Gasteiger partial charge in [0.25, 0.3) is 6.01 Å². The van der Waals surface area contributed by atoms with Crippen molar-refractivity contribution in [2.24, 2.45) is 0 Å². The molecule has 0 fully saturated rings. The number of benzene rings is 3. The number of rotatable bonds is 22. The summed E-state index contributed by atoms with van der Waals surface area (Å²) in [6, 6.07) is 21.0. The standard InChI is InChI=1S/C35H42N8O12/c1-2-50-34-36-30-14-10-13-29(33(44)51-19-8-9-22-55-43(48)49)31(30)40(34)23-25-15-17-26(18-16-25)27-11-4-5-12-28(27)32-37-39-41(38-32)24-53-35(45)52-20-6-3-7-21-54-42(46)47/h4-5,10-18,46-49H,2-3,6-9,19-24H2,1H3. The van der Waals surface area contributed by atoms with E-state index in [1.165, 1.54) is 0 Å². The number of carbonyl (C=O) groups is 2. The third-order valence-corrected chi connectivity index (χ3v) is 7.94. The number of imidazole rings is 1. The molecule has 0 saturated heterocycles. The van der Waals surface area contributed by atoms with Gasteiger partial charge in [0.05, 0.1) is 67.0 Å². The minimum absolute atomic E-state index is 0.0455. The summed E-state index contributed by atoms with van der Waals surface area (Å²) in [7, 11) is 0. The fourth-order valence-electron chi connectivity index (χ4n) is 5.45. The van der Waals surface area contributed by atoms with E-state index < -0.39 is 12.1 Å². The molecule has 0 aliphatic heterocycles. The van der Waals surface area contributed by atoms with Gasteiger partial charge in [0.1, 0.15) is 0 Å². The number of carbonyl (C=O) groups excluding carboxylic acids is 2. The Balaban J connectivity index is 1.22. The van der Waals surface area contributed by atoms with E-state index in [1.807, 2.05) is 60.0 Å². The Morgan fingerprint density at radius 2 is 1.42 bits per heavy atom. The number of esters is 1. The number of hydrogen-bond donors (Lipinski definition) is 4. The second-order valence-electron chi connectivity index (χ2n) is 11.8. The monoisotopic (exact) mass is 766 g/mol. The van der Waals surface area contributed by atoms with E-state index in [2.05, 4.69) is 30.1 Å². The number of nitrogens with zero attached hydrogens (tertiary/aromatic N) is 8. The van der Waals surface area contributed by atoms with Crippen LogP contribution in [-0.2, 0) is 37.2 Å². The predicted octanol–water partition coefficient (Wildman–Crippen LogP) is 5.05. The Morgan fingerprint density at radius 1 is 0.745 bits per heavy atom. The zero-order valence-corrected chi connectivity index (χ0v) is 30.0. The molecule has 5 rings (SSSR count). The van der Waals surface area contributed by atoms with E-state index in [0.29, 0.717) is 79.3 Å². The molecule has 294 valence electrons. The number of ether oxygens (including phenoxy) is 4. The molecule has 5 aromatic rings. The number of tetrazole rings is 1. The Bertz CT molecular complexity index is 1970. The van der Waals surface area contributed by atoms with Crippen molar-refractivity contribution in [1.82, 2.24) is 40.5 Å². The summed E-state index contributed by atoms with van der Waals surface area (Å²) < 4.78 is 23.4. The van der Waals surface area contributed by atoms with Crippen molar-refractivity contribution < 1.29 is 59.0 Å². The minimum Gasteiger partial charge on any atom is -0.465 e. The molecule has 2 heterocycles. The lowest BCUT2D eigenvalue weighted by Crippen LogP contribution is -2.15. The Hall–Kier alpha value is -5.58. The lowest BCUT2D eigenvalue weighted by atomic mass is 9.98. The summed E-state index contributed by atoms with van der Waals surface area (Å²) in [5.41, 5.74) is 4.81. The molecule has 0 aliphatic rings. The maximum Gasteiger partial charge on any atom is 0.510 e. The third kappa shape index (κ3) is 12.0. The molecular weight excluding hydrogens is 724 g/mol. The molecule has 0 spiro atoms. The van der Waals surface area contributed by atoms with Gasteiger partial charge < -0.3 is 18.9 Å². The smallest absolute Gasteiger partial charge is 0.465 e. The highest BCUT2D eigenvalue weighted by Gasteiger charge is 2.21. The van der Waals surface area contributed by atoms with Crippen LogP contribution in [0.4, 0.5) is 4.79 Å². The second kappa shape index (κ2) is 20.8. The molecule has 20 nitrogen and oxygen atoms in total. The Kier molecular flexibility index (Phi) is 15.3. The van der Waals surface area contributed by atoms with Gasteiger partial charge in [0, 0.05) is 5.56 Å². The van der Waals surface area contributed by atoms with E-state index in [0.717, 1.165) is 21.5 Å². The van der Waals surface area contributed by atoms with Gasteiger partial charge in [-0.05, 0) is 73.1 Å². The number of fused-ring (bicyclic) bond motifs is 1. The first-order valence-electron chi connectivity index (χ1n) is 17.4. The quantitative estimate of drug-likeness (QED) is 0.0410. The van der Waals surface area contributed by atoms with Crippen LogP contribution in [0, 0.1) is 0 Å². The zero-order chi connectivity index (χ0) is 39.0. The summed E-state index contributed by atoms with van der Waals surface area (Å²) in [4.78, 5) is 40.0. The van der Waals surface area contributed by atoms with Crippen molar-refractivity contribution in [1.29, 1.82) is 0 Å². The van der Waals surface area contributed by atoms with E-state index in [4.69, 9.17) is 39.8 Å². The van der Waals surface area contributed by atoms with Crippen molar-refractivity contribution in [3.8, 4) is 28.5 Å². The molecule has 0 radical (unpaired) electrons. The van der Waals surface area contributed by atoms with Crippen molar-refractivity contribution in [2.75, 3.05) is 33.0 Å². The van der Waals surface area contributed by atoms with Crippen LogP contribution in [0.5, 0.6) is 6.01 Å². The van der Waals surface area contributed by atoms with Crippen LogP contribution < -0.4 is 4.74 Å². The van der Waals surface area contributed by atoms with Crippen LogP contribution in [0.25, 0.3) is 33.5 Å². The SMILES string of the molecule is CCOc1nc2cccc(C(=O)OCCCCON(O)O)c2n1Cc1ccc(-c2ccccc2-c2nnn(COC(=O)OCCCCCON(O)O)n2)cc1. The van der Waals surface area contributed by atoms with Gasteiger partial charge in [-0.3, -0.25) is 35.1 Å². The summed E-state index contributed by atoms with van der Waals surface area (Å²) in [5, 5.41) is 46.1. The molecule has 0 aliphatic carbocycles. The molecule has 0 unspecified atom stereocenters. The van der Waals surface area contributed by atoms with Crippen molar-refractivity contribution in [2.45, 2.75) is 52.3 Å². The minimum atomic E-state index is -0.889. The van der Waals surface area contributed by atoms with Gasteiger partial charge >= 0.3 is 12.1 Å². The van der Waals surface area contributed by atoms with Gasteiger partial charge in [-0.25, -0.2) is 9.59 Å². The number of unbranched alkanes of at least 4 members (excludes halogenated alkanes) is 3. The van der Waals surface area contributed by atoms with Crippen LogP contribution in [-0.4, -0.2) is 107 Å². The topological polar surface area (TPSA) is 238 Å². The van der Waals surface area contributed by atoms with E-state index >= 15 is 0 Å². The summed E-state index contributed by atoms with van der Waals surface area (Å²) in [5.74, 6) is -0.203. The first-order valence-corrected chi connectivity index (χ1v) is 17.4. The highest BCUT2D eigenvalue weighted by Crippen LogP contribution is 2.31. The van der Waals surface area contributed by atoms with Crippen LogP contribution >= 0.6 is 0 Å². The number of aromatic nitrogens is 6. The summed E-state index contributed by atoms with van der Waals surface area (Å²) in [6.45, 7) is 2.63. The first-order chi connectivity index (χ1) is 26.7. The molecule has 0 bridgehead atoms. The van der Waals surface area contributed by atoms with Crippen molar-refractivity contribution in [3.05, 3.63) is 77.9 Å². The van der Waals surface area contributed by atoms with E-state index in [1.54, 1.807) is 18.2 Å². The lowest BCUT2D eigenvalue weighted by Gasteiger charge is -2.13. The third-order valence-electron chi connectivity index (χ3n) is 7.94. The molecule has 3 aromatic carbocycles. The molecule has 0 saturated carbocycles. The average molecular weight is 767 g/mol. The van der Waals surface area contributed by atoms with Crippen LogP contribution in [0.1, 0.15) is 54.9 Å². The molecule has 0 amide bonds. The number of hydrogen-bond acceptors (Lipinski definition) is 18. The second-order valence-corrected chi connectivity index (χ2v) is 11.8. The molecule has 20 heteroatoms. The molecule has 4 N–H and O–H groups in total. The van der Waals surface area contributed by atoms with Crippen LogP contribution in [0.2, 0.25) is 0 Å². The van der Waals surface area contributed by atoms with Crippen LogP contribution in [0.15, 0.2) is 66.7 Å². The van der Waals surface area contributed by atoms with Gasteiger partial charge in [0.2, 0.25) is 12.6 Å². The Morgan fingerprint density at radius 3 is 2.15 bits per heavy atom. The molecule has 55 heavy (non-hydrogen) atoms. The molecule has 0 atom stereocenters. The van der Waals surface area contributed by atoms with E-state index in [9.17, 15) is 9.59 Å². The maximum absolute atomic E-state index is 13.2. The van der Waals surface area contributed by atoms with Gasteiger partial charge in [-0.1, -0.05) is 54.6 Å². The van der Waals surface area contributed by atoms with Crippen molar-refractivity contribution >= 4 is 23.2 Å². The molecular formula is C35H42N8O12. The highest BCUT2D eigenvalue weighted by molar-refractivity contribution is 6.02. The van der Waals surface area contributed by atoms with E-state index in [-0.39, 0.29) is 43.9 Å². The predicted molar refractivity (Wildman–Crippen MR) is 187 cm³/mol. The summed E-state index contributed by atoms with van der Waals surface area (Å²) >= 11 is 0. The van der Waals surface area contributed by atoms with Gasteiger partial charge in [0.15, 0.2) is 0 Å². The zero-order valence-electron chi connectivity index (χ0n) is 30.0. The maximum atomic E-state index is 13.2. The highest BCUT2D eigenvalue weighted by atomic mass is 17.1. The van der Waals surface area contributed by atoms with Gasteiger partial charge in [-0.2, -0.15) is 4.98 Å². The van der Waals surface area contributed by atoms with Crippen LogP contribution in [0.3, 0.4) is 0 Å². The fourth-order valence-corrected chi connectivity index (χ4v) is 5.45. The normalized spacial score (nSPS) is 11.4. The van der Waals surface area contributed by atoms with Crippen molar-refractivity contribution in [3.63, 3.8) is 0 Å². The average Bonchev–Trinajstić information content (AvgIpc) is 3.80. The number of para-hydroxylation sites is 1. The molecule has 2 aromatic heterocycles. The van der Waals surface area contributed by atoms with Gasteiger partial charge in [-0.15, -0.1) is 15.0 Å².